The van der Waals surface area contributed by atoms with Crippen LogP contribution in [0.4, 0.5) is 0 Å². The molecule has 0 fully saturated rings. The van der Waals surface area contributed by atoms with Gasteiger partial charge in [0, 0.05) is 17.0 Å². The predicted molar refractivity (Wildman–Crippen MR) is 133 cm³/mol. The van der Waals surface area contributed by atoms with Crippen molar-refractivity contribution in [2.45, 2.75) is 57.8 Å². The zero-order chi connectivity index (χ0) is 21.3. The Labute approximate surface area is 186 Å². The molecule has 1 nitrogen and oxygen atoms in total. The molecule has 0 aliphatic rings. The Morgan fingerprint density at radius 3 is 2.47 bits per heavy atom. The van der Waals surface area contributed by atoms with E-state index in [1.165, 1.54) is 57.5 Å². The summed E-state index contributed by atoms with van der Waals surface area (Å²) >= 11 is 1.72. The van der Waals surface area contributed by atoms with E-state index in [9.17, 15) is 0 Å². The van der Waals surface area contributed by atoms with Gasteiger partial charge in [-0.1, -0.05) is 98.6 Å². The van der Waals surface area contributed by atoms with E-state index in [0.717, 1.165) is 18.5 Å². The lowest BCUT2D eigenvalue weighted by atomic mass is 9.95. The number of hydrogen-bond donors (Lipinski definition) is 1. The van der Waals surface area contributed by atoms with Crippen LogP contribution in [0.1, 0.15) is 48.4 Å². The number of nitrogens with one attached hydrogen (secondary N) is 1. The highest BCUT2D eigenvalue weighted by molar-refractivity contribution is 7.97. The number of unbranched alkanes of at least 4 members (excludes halogenated alkanes) is 2. The van der Waals surface area contributed by atoms with Crippen LogP contribution in [0.5, 0.6) is 0 Å². The number of aryl methyl sites for hydroxylation is 2. The number of rotatable bonds is 10. The molecule has 0 saturated heterocycles. The van der Waals surface area contributed by atoms with Gasteiger partial charge >= 0.3 is 0 Å². The molecule has 3 aromatic carbocycles. The summed E-state index contributed by atoms with van der Waals surface area (Å²) in [7, 11) is 0. The molecule has 0 aromatic heterocycles. The molecule has 0 aliphatic carbocycles. The van der Waals surface area contributed by atoms with E-state index in [4.69, 9.17) is 0 Å². The second-order valence-electron chi connectivity index (χ2n) is 8.02. The first-order chi connectivity index (χ1) is 14.6. The minimum absolute atomic E-state index is 0.843. The first-order valence-corrected chi connectivity index (χ1v) is 11.7. The van der Waals surface area contributed by atoms with Crippen LogP contribution in [-0.4, -0.2) is 0 Å². The molecule has 0 atom stereocenters. The smallest absolute Gasteiger partial charge is 0.0352 e. The quantitative estimate of drug-likeness (QED) is 0.265. The van der Waals surface area contributed by atoms with Gasteiger partial charge in [-0.05, 0) is 66.5 Å². The number of allylic oxidation sites excluding steroid dienone is 1. The van der Waals surface area contributed by atoms with Gasteiger partial charge in [-0.25, -0.2) is 0 Å². The van der Waals surface area contributed by atoms with Crippen LogP contribution in [0.25, 0.3) is 11.1 Å². The predicted octanol–water partition coefficient (Wildman–Crippen LogP) is 8.06. The number of hydrogen-bond acceptors (Lipinski definition) is 2. The first kappa shape index (κ1) is 22.2. The minimum Gasteiger partial charge on any atom is -0.330 e. The highest BCUT2D eigenvalue weighted by atomic mass is 32.2. The molecule has 0 radical (unpaired) electrons. The van der Waals surface area contributed by atoms with Gasteiger partial charge in [-0.2, -0.15) is 0 Å². The summed E-state index contributed by atoms with van der Waals surface area (Å²) < 4.78 is 3.53. The Balaban J connectivity index is 1.83. The van der Waals surface area contributed by atoms with E-state index in [1.807, 2.05) is 0 Å². The molecule has 3 rings (SSSR count). The van der Waals surface area contributed by atoms with E-state index in [-0.39, 0.29) is 0 Å². The molecule has 0 spiro atoms. The third-order valence-electron chi connectivity index (χ3n) is 5.42. The average Bonchev–Trinajstić information content (AvgIpc) is 2.74. The fourth-order valence-corrected chi connectivity index (χ4v) is 4.66. The molecule has 156 valence electrons. The van der Waals surface area contributed by atoms with Crippen molar-refractivity contribution >= 4 is 11.9 Å². The largest absolute Gasteiger partial charge is 0.330 e. The van der Waals surface area contributed by atoms with Gasteiger partial charge in [0.2, 0.25) is 0 Å². The van der Waals surface area contributed by atoms with E-state index >= 15 is 0 Å². The lowest BCUT2D eigenvalue weighted by molar-refractivity contribution is 0.711. The van der Waals surface area contributed by atoms with Gasteiger partial charge in [0.15, 0.2) is 0 Å². The van der Waals surface area contributed by atoms with Crippen molar-refractivity contribution < 1.29 is 0 Å². The zero-order valence-electron chi connectivity index (χ0n) is 18.5. The summed E-state index contributed by atoms with van der Waals surface area (Å²) in [4.78, 5) is 1.35. The topological polar surface area (TPSA) is 12.0 Å². The lowest BCUT2D eigenvalue weighted by Crippen LogP contribution is -2.07. The van der Waals surface area contributed by atoms with Gasteiger partial charge in [0.25, 0.3) is 0 Å². The minimum atomic E-state index is 0.843. The van der Waals surface area contributed by atoms with Crippen LogP contribution in [0, 0.1) is 13.8 Å². The molecule has 0 bridgehead atoms. The van der Waals surface area contributed by atoms with Crippen LogP contribution in [0.2, 0.25) is 0 Å². The average molecular weight is 416 g/mol. The monoisotopic (exact) mass is 415 g/mol. The molecule has 3 aromatic rings. The normalized spacial score (nSPS) is 10.8. The fraction of sp³-hybridized carbons (Fsp3) is 0.286. The van der Waals surface area contributed by atoms with Crippen molar-refractivity contribution in [1.82, 2.24) is 4.72 Å². The second-order valence-corrected chi connectivity index (χ2v) is 8.84. The molecular formula is C28H33NS. The van der Waals surface area contributed by atoms with Crippen LogP contribution in [0.15, 0.2) is 83.9 Å². The first-order valence-electron chi connectivity index (χ1n) is 10.9. The van der Waals surface area contributed by atoms with Gasteiger partial charge in [0.05, 0.1) is 0 Å². The fourth-order valence-electron chi connectivity index (χ4n) is 3.78. The Kier molecular flexibility index (Phi) is 8.21. The third kappa shape index (κ3) is 6.03. The molecule has 0 heterocycles. The van der Waals surface area contributed by atoms with Crippen LogP contribution in [0.3, 0.4) is 0 Å². The molecule has 0 saturated carbocycles. The molecule has 1 N–H and O–H groups in total. The van der Waals surface area contributed by atoms with Crippen LogP contribution < -0.4 is 4.72 Å². The van der Waals surface area contributed by atoms with E-state index in [2.05, 4.69) is 98.8 Å². The van der Waals surface area contributed by atoms with E-state index < -0.39 is 0 Å². The summed E-state index contributed by atoms with van der Waals surface area (Å²) in [5.74, 6) is 0. The van der Waals surface area contributed by atoms with Gasteiger partial charge in [0.1, 0.15) is 0 Å². The highest BCUT2D eigenvalue weighted by Gasteiger charge is 2.13. The lowest BCUT2D eigenvalue weighted by Gasteiger charge is -2.18. The van der Waals surface area contributed by atoms with Crippen molar-refractivity contribution in [2.24, 2.45) is 0 Å². The van der Waals surface area contributed by atoms with Gasteiger partial charge in [-0.3, -0.25) is 0 Å². The summed E-state index contributed by atoms with van der Waals surface area (Å²) in [6, 6.07) is 23.9. The molecule has 0 aliphatic heterocycles. The van der Waals surface area contributed by atoms with Crippen LogP contribution in [-0.2, 0) is 12.8 Å². The van der Waals surface area contributed by atoms with Crippen molar-refractivity contribution in [3.05, 3.63) is 101 Å². The summed E-state index contributed by atoms with van der Waals surface area (Å²) in [5, 5.41) is 0. The number of benzene rings is 3. The molecular weight excluding hydrogens is 382 g/mol. The van der Waals surface area contributed by atoms with Crippen molar-refractivity contribution in [3.63, 3.8) is 0 Å². The van der Waals surface area contributed by atoms with Crippen LogP contribution >= 0.6 is 11.9 Å². The summed E-state index contributed by atoms with van der Waals surface area (Å²) in [6.45, 7) is 10.9. The molecule has 0 unspecified atom stereocenters. The Morgan fingerprint density at radius 1 is 0.933 bits per heavy atom. The Morgan fingerprint density at radius 2 is 1.73 bits per heavy atom. The molecule has 2 heteroatoms. The Hall–Kier alpha value is -2.45. The van der Waals surface area contributed by atoms with E-state index in [0.29, 0.717) is 0 Å². The SMILES string of the molecule is C=C(Cc1ccccc1)NSc1c(CCCCC)ccc(-c2cccc(C)c2)c1C. The van der Waals surface area contributed by atoms with Gasteiger partial charge in [-0.15, -0.1) is 0 Å². The zero-order valence-corrected chi connectivity index (χ0v) is 19.3. The summed E-state index contributed by atoms with van der Waals surface area (Å²) in [5.41, 5.74) is 8.99. The molecule has 0 amide bonds. The van der Waals surface area contributed by atoms with Crippen molar-refractivity contribution in [2.75, 3.05) is 0 Å². The molecule has 30 heavy (non-hydrogen) atoms. The van der Waals surface area contributed by atoms with Crippen molar-refractivity contribution in [1.29, 1.82) is 0 Å². The van der Waals surface area contributed by atoms with Gasteiger partial charge < -0.3 is 4.72 Å². The summed E-state index contributed by atoms with van der Waals surface area (Å²) in [6.07, 6.45) is 5.72. The highest BCUT2D eigenvalue weighted by Crippen LogP contribution is 2.34. The Bertz CT molecular complexity index is 975. The van der Waals surface area contributed by atoms with Crippen molar-refractivity contribution in [3.8, 4) is 11.1 Å². The maximum absolute atomic E-state index is 4.26. The third-order valence-corrected chi connectivity index (χ3v) is 6.59. The van der Waals surface area contributed by atoms with E-state index in [1.54, 1.807) is 11.9 Å². The maximum atomic E-state index is 4.26. The maximum Gasteiger partial charge on any atom is 0.0352 e. The standard InChI is InChI=1S/C28H33NS/c1-5-6-8-15-25-17-18-27(26-16-11-12-21(2)19-26)23(4)28(25)30-29-22(3)20-24-13-9-7-10-14-24/h7,9-14,16-19,29H,3,5-6,8,15,20H2,1-2,4H3. The second kappa shape index (κ2) is 11.1.